The van der Waals surface area contributed by atoms with Gasteiger partial charge in [-0.05, 0) is 24.8 Å². The molecule has 58 valence electrons. The minimum Gasteiger partial charge on any atom is -0.259 e. The number of allylic oxidation sites excluding steroid dienone is 1. The molecule has 0 fully saturated rings. The van der Waals surface area contributed by atoms with Crippen molar-refractivity contribution in [3.8, 4) is 0 Å². The largest absolute Gasteiger partial charge is 0.259 e. The maximum Gasteiger partial charge on any atom is 0.233 e. The monoisotopic (exact) mass is 143 g/mol. The van der Waals surface area contributed by atoms with Crippen molar-refractivity contribution in [3.63, 3.8) is 0 Å². The van der Waals surface area contributed by atoms with Gasteiger partial charge in [-0.25, -0.2) is 0 Å². The van der Waals surface area contributed by atoms with Gasteiger partial charge in [0.05, 0.1) is 4.92 Å². The Kier molecular flexibility index (Phi) is 3.69. The maximum atomic E-state index is 9.92. The second kappa shape index (κ2) is 4.04. The van der Waals surface area contributed by atoms with Crippen molar-refractivity contribution in [2.24, 2.45) is 5.92 Å². The van der Waals surface area contributed by atoms with Gasteiger partial charge in [0.15, 0.2) is 0 Å². The zero-order valence-corrected chi connectivity index (χ0v) is 6.63. The van der Waals surface area contributed by atoms with Gasteiger partial charge in [-0.15, -0.1) is 0 Å². The van der Waals surface area contributed by atoms with Crippen molar-refractivity contribution >= 4 is 0 Å². The summed E-state index contributed by atoms with van der Waals surface area (Å²) < 4.78 is 0. The smallest absolute Gasteiger partial charge is 0.233 e. The van der Waals surface area contributed by atoms with Crippen molar-refractivity contribution in [1.29, 1.82) is 0 Å². The second-order valence-corrected chi connectivity index (χ2v) is 2.86. The summed E-state index contributed by atoms with van der Waals surface area (Å²) in [5.74, 6) is 0.496. The molecule has 0 aliphatic heterocycles. The van der Waals surface area contributed by atoms with E-state index in [2.05, 4.69) is 0 Å². The van der Waals surface area contributed by atoms with Crippen molar-refractivity contribution in [2.45, 2.75) is 27.2 Å². The zero-order chi connectivity index (χ0) is 8.15. The predicted molar refractivity (Wildman–Crippen MR) is 40.2 cm³/mol. The van der Waals surface area contributed by atoms with Crippen LogP contribution in [0.3, 0.4) is 0 Å². The Balaban J connectivity index is 3.83. The third kappa shape index (κ3) is 5.28. The van der Waals surface area contributed by atoms with Crippen LogP contribution in [-0.4, -0.2) is 4.92 Å². The lowest BCUT2D eigenvalue weighted by molar-refractivity contribution is -0.403. The molecule has 0 amide bonds. The van der Waals surface area contributed by atoms with E-state index in [9.17, 15) is 10.1 Å². The molecule has 0 saturated carbocycles. The first-order chi connectivity index (χ1) is 4.52. The average molecular weight is 143 g/mol. The van der Waals surface area contributed by atoms with Gasteiger partial charge in [-0.2, -0.15) is 0 Å². The molecule has 0 aromatic carbocycles. The molecule has 0 radical (unpaired) electrons. The Hall–Kier alpha value is -0.860. The molecule has 0 aromatic heterocycles. The quantitative estimate of drug-likeness (QED) is 0.449. The van der Waals surface area contributed by atoms with Gasteiger partial charge in [-0.1, -0.05) is 13.8 Å². The van der Waals surface area contributed by atoms with Crippen LogP contribution in [0.25, 0.3) is 0 Å². The summed E-state index contributed by atoms with van der Waals surface area (Å²) in [6.07, 6.45) is 1.88. The highest BCUT2D eigenvalue weighted by Crippen LogP contribution is 2.08. The van der Waals surface area contributed by atoms with Crippen molar-refractivity contribution in [2.75, 3.05) is 0 Å². The summed E-state index contributed by atoms with van der Waals surface area (Å²) in [5, 5.41) is 9.92. The van der Waals surface area contributed by atoms with Crippen LogP contribution in [0, 0.1) is 16.0 Å². The van der Waals surface area contributed by atoms with Crippen molar-refractivity contribution in [1.82, 2.24) is 0 Å². The number of nitrogens with zero attached hydrogens (tertiary/aromatic N) is 1. The van der Waals surface area contributed by atoms with Gasteiger partial charge in [0, 0.05) is 0 Å². The summed E-state index contributed by atoms with van der Waals surface area (Å²) in [5.41, 5.74) is 0.833. The highest BCUT2D eigenvalue weighted by atomic mass is 16.6. The Morgan fingerprint density at radius 2 is 2.20 bits per heavy atom. The van der Waals surface area contributed by atoms with E-state index in [0.29, 0.717) is 5.92 Å². The van der Waals surface area contributed by atoms with E-state index in [4.69, 9.17) is 0 Å². The topological polar surface area (TPSA) is 43.1 Å². The molecule has 0 N–H and O–H groups in total. The third-order valence-corrected chi connectivity index (χ3v) is 1.06. The molecule has 3 nitrogen and oxygen atoms in total. The summed E-state index contributed by atoms with van der Waals surface area (Å²) in [7, 11) is 0. The van der Waals surface area contributed by atoms with Gasteiger partial charge >= 0.3 is 0 Å². The Bertz CT molecular complexity index is 150. The van der Waals surface area contributed by atoms with Crippen LogP contribution in [0.2, 0.25) is 0 Å². The molecule has 0 spiro atoms. The summed E-state index contributed by atoms with van der Waals surface area (Å²) in [6.45, 7) is 5.86. The first-order valence-electron chi connectivity index (χ1n) is 3.33. The minimum absolute atomic E-state index is 0.405. The molecule has 0 rings (SSSR count). The third-order valence-electron chi connectivity index (χ3n) is 1.06. The molecule has 0 aliphatic rings. The van der Waals surface area contributed by atoms with E-state index in [1.54, 1.807) is 6.92 Å². The molecular formula is C7H13NO2. The van der Waals surface area contributed by atoms with E-state index >= 15 is 0 Å². The van der Waals surface area contributed by atoms with E-state index in [1.165, 1.54) is 0 Å². The van der Waals surface area contributed by atoms with Gasteiger partial charge in [0.2, 0.25) is 6.20 Å². The summed E-state index contributed by atoms with van der Waals surface area (Å²) in [6, 6.07) is 0. The molecule has 0 aliphatic carbocycles. The van der Waals surface area contributed by atoms with Crippen molar-refractivity contribution < 1.29 is 4.92 Å². The van der Waals surface area contributed by atoms with Crippen LogP contribution < -0.4 is 0 Å². The highest BCUT2D eigenvalue weighted by Gasteiger charge is 1.98. The number of hydrogen-bond acceptors (Lipinski definition) is 2. The van der Waals surface area contributed by atoms with E-state index in [-0.39, 0.29) is 0 Å². The van der Waals surface area contributed by atoms with Gasteiger partial charge in [0.1, 0.15) is 0 Å². The highest BCUT2D eigenvalue weighted by molar-refractivity contribution is 4.92. The van der Waals surface area contributed by atoms with Gasteiger partial charge in [-0.3, -0.25) is 10.1 Å². The van der Waals surface area contributed by atoms with Gasteiger partial charge < -0.3 is 0 Å². The fourth-order valence-electron chi connectivity index (χ4n) is 0.877. The first-order valence-corrected chi connectivity index (χ1v) is 3.33. The molecule has 0 bridgehead atoms. The van der Waals surface area contributed by atoms with Crippen LogP contribution in [0.1, 0.15) is 27.2 Å². The molecule has 0 unspecified atom stereocenters. The molecule has 0 heterocycles. The van der Waals surface area contributed by atoms with Crippen LogP contribution in [-0.2, 0) is 0 Å². The Morgan fingerprint density at radius 1 is 1.70 bits per heavy atom. The van der Waals surface area contributed by atoms with E-state index < -0.39 is 4.92 Å². The Labute approximate surface area is 60.9 Å². The predicted octanol–water partition coefficient (Wildman–Crippen LogP) is 2.21. The fourth-order valence-corrected chi connectivity index (χ4v) is 0.877. The van der Waals surface area contributed by atoms with Crippen LogP contribution in [0.5, 0.6) is 0 Å². The lowest BCUT2D eigenvalue weighted by atomic mass is 10.1. The molecule has 0 saturated heterocycles. The summed E-state index contributed by atoms with van der Waals surface area (Å²) in [4.78, 5) is 9.52. The van der Waals surface area contributed by atoms with E-state index in [0.717, 1.165) is 18.2 Å². The first kappa shape index (κ1) is 9.14. The van der Waals surface area contributed by atoms with E-state index in [1.807, 2.05) is 13.8 Å². The SMILES string of the molecule is CC(=C[N+](=O)[O-])CC(C)C. The number of rotatable bonds is 3. The molecule has 0 atom stereocenters. The normalized spacial score (nSPS) is 12.2. The fraction of sp³-hybridized carbons (Fsp3) is 0.714. The zero-order valence-electron chi connectivity index (χ0n) is 6.63. The maximum absolute atomic E-state index is 9.92. The molecule has 3 heteroatoms. The lowest BCUT2D eigenvalue weighted by Gasteiger charge is -2.00. The van der Waals surface area contributed by atoms with Crippen LogP contribution in [0.4, 0.5) is 0 Å². The molecular weight excluding hydrogens is 130 g/mol. The Morgan fingerprint density at radius 3 is 2.50 bits per heavy atom. The average Bonchev–Trinajstić information content (AvgIpc) is 1.58. The van der Waals surface area contributed by atoms with Crippen LogP contribution >= 0.6 is 0 Å². The molecule has 0 aromatic rings. The number of nitro groups is 1. The second-order valence-electron chi connectivity index (χ2n) is 2.86. The summed E-state index contributed by atoms with van der Waals surface area (Å²) >= 11 is 0. The van der Waals surface area contributed by atoms with Crippen molar-refractivity contribution in [3.05, 3.63) is 21.9 Å². The van der Waals surface area contributed by atoms with Crippen LogP contribution in [0.15, 0.2) is 11.8 Å². The molecule has 10 heavy (non-hydrogen) atoms. The minimum atomic E-state index is -0.405. The number of hydrogen-bond donors (Lipinski definition) is 0. The standard InChI is InChI=1S/C7H13NO2/c1-6(2)4-7(3)5-8(9)10/h5-6H,4H2,1-3H3. The lowest BCUT2D eigenvalue weighted by Crippen LogP contribution is -1.92. The van der Waals surface area contributed by atoms with Gasteiger partial charge in [0.25, 0.3) is 0 Å².